The lowest BCUT2D eigenvalue weighted by Gasteiger charge is -2.21. The smallest absolute Gasteiger partial charge is 0.163 e. The topological polar surface area (TPSA) is 29.1 Å². The molecule has 0 radical (unpaired) electrons. The maximum Gasteiger partial charge on any atom is 0.163 e. The molecule has 0 amide bonds. The van der Waals surface area contributed by atoms with Crippen molar-refractivity contribution < 1.29 is 4.79 Å². The van der Waals surface area contributed by atoms with E-state index in [4.69, 9.17) is 11.6 Å². The van der Waals surface area contributed by atoms with Crippen LogP contribution >= 0.6 is 24.0 Å². The van der Waals surface area contributed by atoms with Gasteiger partial charge in [0.2, 0.25) is 0 Å². The third kappa shape index (κ3) is 4.30. The number of benzene rings is 1. The summed E-state index contributed by atoms with van der Waals surface area (Å²) in [7, 11) is 0. The molecule has 94 valence electrons. The van der Waals surface area contributed by atoms with Crippen LogP contribution < -0.4 is 5.32 Å². The number of carbonyl (C=O) groups excluding carboxylic acids is 1. The Labute approximate surface area is 113 Å². The van der Waals surface area contributed by atoms with Gasteiger partial charge < -0.3 is 5.32 Å². The highest BCUT2D eigenvalue weighted by Crippen LogP contribution is 2.19. The molecule has 17 heavy (non-hydrogen) atoms. The van der Waals surface area contributed by atoms with Crippen LogP contribution in [-0.4, -0.2) is 18.9 Å². The molecule has 0 atom stereocenters. The largest absolute Gasteiger partial charge is 0.317 e. The first kappa shape index (κ1) is 14.5. The van der Waals surface area contributed by atoms with Gasteiger partial charge in [0.05, 0.1) is 0 Å². The number of Topliss-reactive ketones (excluding diaryl/α,β-unsaturated/α-hetero) is 1. The average molecular weight is 274 g/mol. The van der Waals surface area contributed by atoms with Crippen molar-refractivity contribution >= 4 is 29.8 Å². The van der Waals surface area contributed by atoms with Gasteiger partial charge in [0.25, 0.3) is 0 Å². The van der Waals surface area contributed by atoms with Gasteiger partial charge in [-0.15, -0.1) is 12.4 Å². The van der Waals surface area contributed by atoms with Crippen LogP contribution in [0.3, 0.4) is 0 Å². The van der Waals surface area contributed by atoms with Crippen LogP contribution in [0.4, 0.5) is 0 Å². The summed E-state index contributed by atoms with van der Waals surface area (Å²) < 4.78 is 0. The van der Waals surface area contributed by atoms with Crippen LogP contribution in [0.2, 0.25) is 5.02 Å². The second kappa shape index (κ2) is 7.00. The van der Waals surface area contributed by atoms with Gasteiger partial charge in [-0.3, -0.25) is 4.79 Å². The zero-order valence-corrected chi connectivity index (χ0v) is 11.2. The third-order valence-corrected chi connectivity index (χ3v) is 3.35. The molecule has 0 saturated carbocycles. The summed E-state index contributed by atoms with van der Waals surface area (Å²) in [5.41, 5.74) is 0.780. The van der Waals surface area contributed by atoms with Crippen LogP contribution in [0, 0.1) is 5.92 Å². The Bertz CT molecular complexity index is 358. The molecule has 1 aromatic rings. The highest BCUT2D eigenvalue weighted by atomic mass is 35.5. The molecule has 2 nitrogen and oxygen atoms in total. The van der Waals surface area contributed by atoms with Gasteiger partial charge >= 0.3 is 0 Å². The zero-order valence-electron chi connectivity index (χ0n) is 9.62. The molecule has 1 aliphatic heterocycles. The van der Waals surface area contributed by atoms with Gasteiger partial charge in [-0.1, -0.05) is 11.6 Å². The Morgan fingerprint density at radius 1 is 1.24 bits per heavy atom. The molecule has 4 heteroatoms. The van der Waals surface area contributed by atoms with E-state index in [2.05, 4.69) is 5.32 Å². The van der Waals surface area contributed by atoms with E-state index in [1.54, 1.807) is 12.1 Å². The molecular formula is C13H17Cl2NO. The van der Waals surface area contributed by atoms with Crippen molar-refractivity contribution in [3.63, 3.8) is 0 Å². The van der Waals surface area contributed by atoms with Crippen molar-refractivity contribution in [1.29, 1.82) is 0 Å². The van der Waals surface area contributed by atoms with Crippen LogP contribution in [0.5, 0.6) is 0 Å². The Balaban J connectivity index is 0.00000144. The molecular weight excluding hydrogens is 257 g/mol. The number of ketones is 1. The molecule has 0 aromatic heterocycles. The standard InChI is InChI=1S/C13H16ClNO.ClH/c14-12-3-1-11(2-4-12)13(16)9-10-5-7-15-8-6-10;/h1-4,10,15H,5-9H2;1H. The van der Waals surface area contributed by atoms with Crippen molar-refractivity contribution in [1.82, 2.24) is 5.32 Å². The lowest BCUT2D eigenvalue weighted by Crippen LogP contribution is -2.28. The molecule has 0 bridgehead atoms. The minimum Gasteiger partial charge on any atom is -0.317 e. The number of piperidine rings is 1. The van der Waals surface area contributed by atoms with E-state index in [0.717, 1.165) is 31.5 Å². The Kier molecular flexibility index (Phi) is 5.96. The number of carbonyl (C=O) groups is 1. The van der Waals surface area contributed by atoms with E-state index in [0.29, 0.717) is 17.4 Å². The second-order valence-corrected chi connectivity index (χ2v) is 4.76. The maximum absolute atomic E-state index is 12.0. The predicted octanol–water partition coefficient (Wildman–Crippen LogP) is 3.33. The first-order valence-electron chi connectivity index (χ1n) is 5.75. The maximum atomic E-state index is 12.0. The molecule has 0 spiro atoms. The summed E-state index contributed by atoms with van der Waals surface area (Å²) >= 11 is 5.79. The fraction of sp³-hybridized carbons (Fsp3) is 0.462. The number of nitrogens with one attached hydrogen (secondary N) is 1. The fourth-order valence-corrected chi connectivity index (χ4v) is 2.23. The van der Waals surface area contributed by atoms with Crippen molar-refractivity contribution in [3.8, 4) is 0 Å². The van der Waals surface area contributed by atoms with E-state index < -0.39 is 0 Å². The Morgan fingerprint density at radius 3 is 2.41 bits per heavy atom. The second-order valence-electron chi connectivity index (χ2n) is 4.33. The van der Waals surface area contributed by atoms with E-state index >= 15 is 0 Å². The number of rotatable bonds is 3. The van der Waals surface area contributed by atoms with Crippen LogP contribution in [0.1, 0.15) is 29.6 Å². The summed E-state index contributed by atoms with van der Waals surface area (Å²) in [6, 6.07) is 7.17. The van der Waals surface area contributed by atoms with Crippen molar-refractivity contribution in [3.05, 3.63) is 34.9 Å². The van der Waals surface area contributed by atoms with Gasteiger partial charge in [0.1, 0.15) is 0 Å². The highest BCUT2D eigenvalue weighted by molar-refractivity contribution is 6.30. The minimum atomic E-state index is 0. The van der Waals surface area contributed by atoms with Gasteiger partial charge in [-0.25, -0.2) is 0 Å². The zero-order chi connectivity index (χ0) is 11.4. The average Bonchev–Trinajstić information content (AvgIpc) is 2.31. The van der Waals surface area contributed by atoms with Crippen molar-refractivity contribution in [2.75, 3.05) is 13.1 Å². The summed E-state index contributed by atoms with van der Waals surface area (Å²) in [6.45, 7) is 2.08. The SMILES string of the molecule is Cl.O=C(CC1CCNCC1)c1ccc(Cl)cc1. The normalized spacial score (nSPS) is 16.3. The molecule has 1 N–H and O–H groups in total. The molecule has 1 heterocycles. The fourth-order valence-electron chi connectivity index (χ4n) is 2.10. The Hall–Kier alpha value is -0.570. The summed E-state index contributed by atoms with van der Waals surface area (Å²) in [4.78, 5) is 12.0. The molecule has 0 aliphatic carbocycles. The summed E-state index contributed by atoms with van der Waals surface area (Å²) in [5.74, 6) is 0.785. The van der Waals surface area contributed by atoms with Gasteiger partial charge in [-0.2, -0.15) is 0 Å². The summed E-state index contributed by atoms with van der Waals surface area (Å²) in [6.07, 6.45) is 2.89. The molecule has 1 fully saturated rings. The molecule has 2 rings (SSSR count). The lowest BCUT2D eigenvalue weighted by molar-refractivity contribution is 0.0952. The highest BCUT2D eigenvalue weighted by Gasteiger charge is 2.17. The number of hydrogen-bond donors (Lipinski definition) is 1. The quantitative estimate of drug-likeness (QED) is 0.856. The van der Waals surface area contributed by atoms with Crippen LogP contribution in [0.15, 0.2) is 24.3 Å². The molecule has 1 saturated heterocycles. The van der Waals surface area contributed by atoms with Crippen molar-refractivity contribution in [2.45, 2.75) is 19.3 Å². The first-order chi connectivity index (χ1) is 7.75. The van der Waals surface area contributed by atoms with Gasteiger partial charge in [0, 0.05) is 17.0 Å². The van der Waals surface area contributed by atoms with E-state index in [1.807, 2.05) is 12.1 Å². The van der Waals surface area contributed by atoms with Gasteiger partial charge in [0.15, 0.2) is 5.78 Å². The van der Waals surface area contributed by atoms with Crippen LogP contribution in [0.25, 0.3) is 0 Å². The van der Waals surface area contributed by atoms with E-state index in [-0.39, 0.29) is 18.2 Å². The first-order valence-corrected chi connectivity index (χ1v) is 6.13. The molecule has 1 aliphatic rings. The van der Waals surface area contributed by atoms with Crippen molar-refractivity contribution in [2.24, 2.45) is 5.92 Å². The molecule has 1 aromatic carbocycles. The van der Waals surface area contributed by atoms with E-state index in [9.17, 15) is 4.79 Å². The summed E-state index contributed by atoms with van der Waals surface area (Å²) in [5, 5.41) is 3.99. The lowest BCUT2D eigenvalue weighted by atomic mass is 9.91. The van der Waals surface area contributed by atoms with Crippen LogP contribution in [-0.2, 0) is 0 Å². The van der Waals surface area contributed by atoms with Gasteiger partial charge in [-0.05, 0) is 56.1 Å². The van der Waals surface area contributed by atoms with E-state index in [1.165, 1.54) is 0 Å². The third-order valence-electron chi connectivity index (χ3n) is 3.10. The predicted molar refractivity (Wildman–Crippen MR) is 73.2 cm³/mol. The molecule has 0 unspecified atom stereocenters. The number of hydrogen-bond acceptors (Lipinski definition) is 2. The Morgan fingerprint density at radius 2 is 1.82 bits per heavy atom. The number of halogens is 2. The monoisotopic (exact) mass is 273 g/mol. The minimum absolute atomic E-state index is 0.